The van der Waals surface area contributed by atoms with Crippen LogP contribution in [0.3, 0.4) is 0 Å². The van der Waals surface area contributed by atoms with E-state index in [-0.39, 0.29) is 29.5 Å². The number of nitrogens with one attached hydrogen (secondary N) is 2. The van der Waals surface area contributed by atoms with Crippen LogP contribution in [0.1, 0.15) is 40.1 Å². The minimum absolute atomic E-state index is 0.141. The smallest absolute Gasteiger partial charge is 0.341 e. The number of benzene rings is 2. The second-order valence-electron chi connectivity index (χ2n) is 6.95. The normalized spacial score (nSPS) is 11.5. The maximum absolute atomic E-state index is 13.0. The molecule has 0 spiro atoms. The molecule has 0 aliphatic rings. The van der Waals surface area contributed by atoms with Gasteiger partial charge in [0.2, 0.25) is 5.91 Å². The number of rotatable bonds is 8. The van der Waals surface area contributed by atoms with Gasteiger partial charge in [0.1, 0.15) is 23.2 Å². The van der Waals surface area contributed by atoms with Crippen LogP contribution in [-0.2, 0) is 16.1 Å². The van der Waals surface area contributed by atoms with E-state index in [9.17, 15) is 18.8 Å². The van der Waals surface area contributed by atoms with Gasteiger partial charge < -0.3 is 20.1 Å². The molecular formula is C22H25FN2O5. The van der Waals surface area contributed by atoms with Gasteiger partial charge in [-0.15, -0.1) is 0 Å². The predicted octanol–water partition coefficient (Wildman–Crippen LogP) is 2.69. The molecule has 8 heteroatoms. The predicted molar refractivity (Wildman–Crippen MR) is 109 cm³/mol. The number of amides is 2. The summed E-state index contributed by atoms with van der Waals surface area (Å²) in [6.45, 7) is 3.75. The first-order chi connectivity index (χ1) is 14.3. The molecule has 0 aliphatic heterocycles. The zero-order valence-corrected chi connectivity index (χ0v) is 17.3. The van der Waals surface area contributed by atoms with Crippen LogP contribution in [0.25, 0.3) is 0 Å². The molecule has 2 amide bonds. The lowest BCUT2D eigenvalue weighted by Gasteiger charge is -2.22. The number of carbonyl (C=O) groups excluding carboxylic acids is 3. The number of carbonyl (C=O) groups is 3. The molecule has 0 heterocycles. The number of methoxy groups -OCH3 is 2. The van der Waals surface area contributed by atoms with Crippen molar-refractivity contribution in [1.29, 1.82) is 0 Å². The zero-order chi connectivity index (χ0) is 22.3. The van der Waals surface area contributed by atoms with E-state index in [2.05, 4.69) is 10.6 Å². The summed E-state index contributed by atoms with van der Waals surface area (Å²) in [6, 6.07) is 9.19. The van der Waals surface area contributed by atoms with E-state index in [4.69, 9.17) is 9.47 Å². The third kappa shape index (κ3) is 5.79. The summed E-state index contributed by atoms with van der Waals surface area (Å²) in [4.78, 5) is 37.0. The first-order valence-corrected chi connectivity index (χ1v) is 9.36. The quantitative estimate of drug-likeness (QED) is 0.646. The third-order valence-corrected chi connectivity index (χ3v) is 4.48. The van der Waals surface area contributed by atoms with E-state index in [1.54, 1.807) is 32.0 Å². The standard InChI is InChI=1S/C22H25FN2O5/c1-13(2)19(25-20(26)15-6-8-16(23)9-7-15)21(27)24-12-14-5-10-18(29-3)17(11-14)22(28)30-4/h5-11,13,19H,12H2,1-4H3,(H,24,27)(H,25,26). The van der Waals surface area contributed by atoms with E-state index in [1.165, 1.54) is 38.5 Å². The number of hydrogen-bond acceptors (Lipinski definition) is 5. The Kier molecular flexibility index (Phi) is 7.91. The maximum atomic E-state index is 13.0. The van der Waals surface area contributed by atoms with Gasteiger partial charge in [-0.2, -0.15) is 0 Å². The average Bonchev–Trinajstić information content (AvgIpc) is 2.75. The fraction of sp³-hybridized carbons (Fsp3) is 0.318. The van der Waals surface area contributed by atoms with Crippen molar-refractivity contribution >= 4 is 17.8 Å². The molecule has 0 fully saturated rings. The third-order valence-electron chi connectivity index (χ3n) is 4.48. The number of ether oxygens (including phenoxy) is 2. The molecule has 30 heavy (non-hydrogen) atoms. The Morgan fingerprint density at radius 3 is 2.27 bits per heavy atom. The van der Waals surface area contributed by atoms with Crippen LogP contribution in [0.15, 0.2) is 42.5 Å². The van der Waals surface area contributed by atoms with Gasteiger partial charge in [0.15, 0.2) is 0 Å². The van der Waals surface area contributed by atoms with Gasteiger partial charge in [-0.25, -0.2) is 9.18 Å². The molecule has 2 aromatic rings. The Labute approximate surface area is 174 Å². The van der Waals surface area contributed by atoms with Crippen molar-refractivity contribution in [3.05, 3.63) is 65.0 Å². The van der Waals surface area contributed by atoms with Crippen LogP contribution in [0, 0.1) is 11.7 Å². The van der Waals surface area contributed by atoms with Gasteiger partial charge in [-0.1, -0.05) is 19.9 Å². The minimum Gasteiger partial charge on any atom is -0.496 e. The molecule has 0 aliphatic carbocycles. The molecule has 2 rings (SSSR count). The maximum Gasteiger partial charge on any atom is 0.341 e. The first-order valence-electron chi connectivity index (χ1n) is 9.36. The van der Waals surface area contributed by atoms with Crippen molar-refractivity contribution in [3.63, 3.8) is 0 Å². The molecular weight excluding hydrogens is 391 g/mol. The molecule has 1 atom stereocenters. The summed E-state index contributed by atoms with van der Waals surface area (Å²) in [5, 5.41) is 5.44. The molecule has 2 N–H and O–H groups in total. The molecule has 1 unspecified atom stereocenters. The van der Waals surface area contributed by atoms with Gasteiger partial charge in [0.05, 0.1) is 14.2 Å². The lowest BCUT2D eigenvalue weighted by atomic mass is 10.0. The van der Waals surface area contributed by atoms with Gasteiger partial charge in [0.25, 0.3) is 5.91 Å². The highest BCUT2D eigenvalue weighted by molar-refractivity contribution is 5.97. The molecule has 160 valence electrons. The van der Waals surface area contributed by atoms with E-state index < -0.39 is 23.7 Å². The van der Waals surface area contributed by atoms with E-state index >= 15 is 0 Å². The fourth-order valence-corrected chi connectivity index (χ4v) is 2.79. The molecule has 7 nitrogen and oxygen atoms in total. The van der Waals surface area contributed by atoms with Gasteiger partial charge in [0, 0.05) is 12.1 Å². The zero-order valence-electron chi connectivity index (χ0n) is 17.3. The molecule has 0 radical (unpaired) electrons. The van der Waals surface area contributed by atoms with Crippen molar-refractivity contribution in [2.45, 2.75) is 26.4 Å². The average molecular weight is 416 g/mol. The van der Waals surface area contributed by atoms with Crippen LogP contribution < -0.4 is 15.4 Å². The van der Waals surface area contributed by atoms with Crippen molar-refractivity contribution in [1.82, 2.24) is 10.6 Å². The fourth-order valence-electron chi connectivity index (χ4n) is 2.79. The molecule has 0 saturated carbocycles. The van der Waals surface area contributed by atoms with Crippen LogP contribution in [-0.4, -0.2) is 38.0 Å². The van der Waals surface area contributed by atoms with Gasteiger partial charge >= 0.3 is 5.97 Å². The molecule has 2 aromatic carbocycles. The SMILES string of the molecule is COC(=O)c1cc(CNC(=O)C(NC(=O)c2ccc(F)cc2)C(C)C)ccc1OC. The highest BCUT2D eigenvalue weighted by Crippen LogP contribution is 2.21. The van der Waals surface area contributed by atoms with Crippen molar-refractivity contribution in [2.24, 2.45) is 5.92 Å². The van der Waals surface area contributed by atoms with Crippen LogP contribution in [0.5, 0.6) is 5.75 Å². The van der Waals surface area contributed by atoms with E-state index in [0.29, 0.717) is 11.3 Å². The van der Waals surface area contributed by atoms with Gasteiger partial charge in [-0.05, 0) is 47.9 Å². The summed E-state index contributed by atoms with van der Waals surface area (Å²) in [5.41, 5.74) is 1.17. The van der Waals surface area contributed by atoms with Gasteiger partial charge in [-0.3, -0.25) is 9.59 Å². The highest BCUT2D eigenvalue weighted by atomic mass is 19.1. The van der Waals surface area contributed by atoms with E-state index in [1.807, 2.05) is 0 Å². The van der Waals surface area contributed by atoms with Crippen molar-refractivity contribution < 1.29 is 28.2 Å². The Hall–Kier alpha value is -3.42. The Bertz CT molecular complexity index is 912. The number of hydrogen-bond donors (Lipinski definition) is 2. The summed E-state index contributed by atoms with van der Waals surface area (Å²) < 4.78 is 22.9. The van der Waals surface area contributed by atoms with Crippen molar-refractivity contribution in [3.8, 4) is 5.75 Å². The second-order valence-corrected chi connectivity index (χ2v) is 6.95. The summed E-state index contributed by atoms with van der Waals surface area (Å²) in [6.07, 6.45) is 0. The summed E-state index contributed by atoms with van der Waals surface area (Å²) in [7, 11) is 2.72. The van der Waals surface area contributed by atoms with Crippen LogP contribution >= 0.6 is 0 Å². The van der Waals surface area contributed by atoms with Crippen molar-refractivity contribution in [2.75, 3.05) is 14.2 Å². The molecule has 0 aromatic heterocycles. The second kappa shape index (κ2) is 10.4. The lowest BCUT2D eigenvalue weighted by Crippen LogP contribution is -2.49. The molecule has 0 bridgehead atoms. The largest absolute Gasteiger partial charge is 0.496 e. The highest BCUT2D eigenvalue weighted by Gasteiger charge is 2.24. The Morgan fingerprint density at radius 1 is 1.03 bits per heavy atom. The summed E-state index contributed by atoms with van der Waals surface area (Å²) >= 11 is 0. The van der Waals surface area contributed by atoms with Crippen LogP contribution in [0.4, 0.5) is 4.39 Å². The lowest BCUT2D eigenvalue weighted by molar-refractivity contribution is -0.124. The summed E-state index contributed by atoms with van der Waals surface area (Å²) in [5.74, 6) is -1.67. The Balaban J connectivity index is 2.07. The molecule has 0 saturated heterocycles. The van der Waals surface area contributed by atoms with Crippen LogP contribution in [0.2, 0.25) is 0 Å². The monoisotopic (exact) mass is 416 g/mol. The first kappa shape index (κ1) is 22.9. The number of halogens is 1. The number of esters is 1. The Morgan fingerprint density at radius 2 is 1.70 bits per heavy atom. The minimum atomic E-state index is -0.791. The topological polar surface area (TPSA) is 93.7 Å². The van der Waals surface area contributed by atoms with E-state index in [0.717, 1.165) is 0 Å².